The molecule has 1 atom stereocenters. The number of carbonyl (C=O) groups is 2. The zero-order valence-electron chi connectivity index (χ0n) is 23.6. The summed E-state index contributed by atoms with van der Waals surface area (Å²) >= 11 is 3.48. The number of anilines is 1. The molecule has 0 aromatic heterocycles. The molecule has 220 valence electrons. The number of nitrogens with one attached hydrogen (secondary N) is 1. The normalized spacial score (nSPS) is 12.1. The molecule has 0 heterocycles. The van der Waals surface area contributed by atoms with E-state index in [1.807, 2.05) is 68.4 Å². The van der Waals surface area contributed by atoms with Crippen LogP contribution in [0, 0.1) is 11.7 Å². The van der Waals surface area contributed by atoms with Gasteiger partial charge in [0, 0.05) is 36.9 Å². The van der Waals surface area contributed by atoms with Crippen LogP contribution in [0.5, 0.6) is 0 Å². The number of benzene rings is 3. The number of hydrogen-bond donors (Lipinski definition) is 1. The number of rotatable bonds is 14. The lowest BCUT2D eigenvalue weighted by molar-refractivity contribution is -0.141. The van der Waals surface area contributed by atoms with Crippen molar-refractivity contribution in [3.05, 3.63) is 100 Å². The van der Waals surface area contributed by atoms with Gasteiger partial charge >= 0.3 is 0 Å². The molecule has 0 aliphatic rings. The van der Waals surface area contributed by atoms with Crippen LogP contribution in [-0.4, -0.2) is 50.5 Å². The molecule has 0 fully saturated rings. The Kier molecular flexibility index (Phi) is 11.9. The van der Waals surface area contributed by atoms with Crippen LogP contribution in [0.25, 0.3) is 0 Å². The lowest BCUT2D eigenvalue weighted by atomic mass is 10.0. The minimum atomic E-state index is -3.80. The van der Waals surface area contributed by atoms with E-state index in [-0.39, 0.29) is 49.4 Å². The summed E-state index contributed by atoms with van der Waals surface area (Å²) in [5.41, 5.74) is 1.68. The lowest BCUT2D eigenvalue weighted by Gasteiger charge is -2.32. The Morgan fingerprint density at radius 2 is 1.61 bits per heavy atom. The lowest BCUT2D eigenvalue weighted by Crippen LogP contribution is -2.51. The second-order valence-electron chi connectivity index (χ2n) is 10.4. The van der Waals surface area contributed by atoms with Gasteiger partial charge in [0.05, 0.1) is 11.9 Å². The van der Waals surface area contributed by atoms with E-state index < -0.39 is 21.9 Å². The zero-order chi connectivity index (χ0) is 30.0. The van der Waals surface area contributed by atoms with Gasteiger partial charge in [0.1, 0.15) is 11.9 Å². The maximum Gasteiger partial charge on any atom is 0.243 e. The van der Waals surface area contributed by atoms with Gasteiger partial charge in [-0.3, -0.25) is 13.9 Å². The topological polar surface area (TPSA) is 86.8 Å². The van der Waals surface area contributed by atoms with Gasteiger partial charge in [0.2, 0.25) is 21.8 Å². The summed E-state index contributed by atoms with van der Waals surface area (Å²) < 4.78 is 41.3. The summed E-state index contributed by atoms with van der Waals surface area (Å²) in [4.78, 5) is 28.9. The van der Waals surface area contributed by atoms with Gasteiger partial charge in [-0.05, 0) is 47.7 Å². The molecule has 0 radical (unpaired) electrons. The summed E-state index contributed by atoms with van der Waals surface area (Å²) in [5.74, 6) is -0.987. The van der Waals surface area contributed by atoms with Crippen LogP contribution in [0.1, 0.15) is 37.8 Å². The first-order chi connectivity index (χ1) is 19.5. The quantitative estimate of drug-likeness (QED) is 0.249. The highest BCUT2D eigenvalue weighted by Gasteiger charge is 2.31. The molecule has 10 heteroatoms. The highest BCUT2D eigenvalue weighted by Crippen LogP contribution is 2.23. The average Bonchev–Trinajstić information content (AvgIpc) is 2.92. The van der Waals surface area contributed by atoms with Gasteiger partial charge in [-0.25, -0.2) is 12.8 Å². The third-order valence-electron chi connectivity index (χ3n) is 6.47. The monoisotopic (exact) mass is 645 g/mol. The highest BCUT2D eigenvalue weighted by molar-refractivity contribution is 9.10. The van der Waals surface area contributed by atoms with Crippen LogP contribution in [0.4, 0.5) is 10.1 Å². The van der Waals surface area contributed by atoms with Crippen LogP contribution < -0.4 is 9.62 Å². The van der Waals surface area contributed by atoms with E-state index in [1.54, 1.807) is 11.0 Å². The number of sulfonamides is 1. The Morgan fingerprint density at radius 3 is 2.24 bits per heavy atom. The van der Waals surface area contributed by atoms with Crippen molar-refractivity contribution in [2.45, 2.75) is 45.7 Å². The van der Waals surface area contributed by atoms with Crippen LogP contribution in [0.2, 0.25) is 0 Å². The van der Waals surface area contributed by atoms with Crippen LogP contribution >= 0.6 is 15.9 Å². The van der Waals surface area contributed by atoms with Crippen LogP contribution in [0.15, 0.2) is 83.3 Å². The maximum absolute atomic E-state index is 14.5. The molecule has 0 bridgehead atoms. The SMILES string of the molecule is CC(C)CNC(=O)[C@H](Cc1ccccc1)N(Cc1cccc(Br)c1)C(=O)CCCN(c1ccccc1F)S(C)(=O)=O. The number of amides is 2. The van der Waals surface area contributed by atoms with Gasteiger partial charge in [-0.1, -0.05) is 84.4 Å². The Bertz CT molecular complexity index is 1420. The molecule has 1 N–H and O–H groups in total. The first kappa shape index (κ1) is 32.3. The minimum absolute atomic E-state index is 0.0305. The van der Waals surface area contributed by atoms with E-state index in [2.05, 4.69) is 21.2 Å². The molecular formula is C31H37BrFN3O4S. The molecule has 0 unspecified atom stereocenters. The zero-order valence-corrected chi connectivity index (χ0v) is 26.0. The van der Waals surface area contributed by atoms with Crippen LogP contribution in [-0.2, 0) is 32.6 Å². The van der Waals surface area contributed by atoms with Gasteiger partial charge in [0.15, 0.2) is 0 Å². The fourth-order valence-corrected chi connectivity index (χ4v) is 5.86. The molecular weight excluding hydrogens is 609 g/mol. The number of hydrogen-bond acceptors (Lipinski definition) is 4. The first-order valence-electron chi connectivity index (χ1n) is 13.5. The van der Waals surface area contributed by atoms with Crippen molar-refractivity contribution in [2.24, 2.45) is 5.92 Å². The Labute approximate surface area is 250 Å². The van der Waals surface area contributed by atoms with E-state index >= 15 is 0 Å². The predicted octanol–water partition coefficient (Wildman–Crippen LogP) is 5.55. The third kappa shape index (κ3) is 9.97. The summed E-state index contributed by atoms with van der Waals surface area (Å²) in [5, 5.41) is 2.99. The van der Waals surface area contributed by atoms with E-state index in [0.29, 0.717) is 13.0 Å². The third-order valence-corrected chi connectivity index (χ3v) is 8.14. The number of nitrogens with zero attached hydrogens (tertiary/aromatic N) is 2. The second kappa shape index (κ2) is 15.1. The van der Waals surface area contributed by atoms with Crippen molar-refractivity contribution in [2.75, 3.05) is 23.7 Å². The molecule has 0 aliphatic carbocycles. The fourth-order valence-electron chi connectivity index (χ4n) is 4.44. The van der Waals surface area contributed by atoms with Crippen molar-refractivity contribution in [1.82, 2.24) is 10.2 Å². The Hall–Kier alpha value is -3.24. The van der Waals surface area contributed by atoms with Crippen LogP contribution in [0.3, 0.4) is 0 Å². The standard InChI is InChI=1S/C31H37BrFN3O4S/c1-23(2)21-34-31(38)29(20-24-11-5-4-6-12-24)35(22-25-13-9-14-26(32)19-25)30(37)17-10-18-36(41(3,39)40)28-16-8-7-15-27(28)33/h4-9,11-16,19,23,29H,10,17-18,20-22H2,1-3H3,(H,34,38)/t29-/m0/s1. The van der Waals surface area contributed by atoms with Gasteiger partial charge in [-0.15, -0.1) is 0 Å². The molecule has 2 amide bonds. The molecule has 3 aromatic carbocycles. The van der Waals surface area contributed by atoms with Gasteiger partial charge in [-0.2, -0.15) is 0 Å². The molecule has 7 nitrogen and oxygen atoms in total. The smallest absolute Gasteiger partial charge is 0.243 e. The molecule has 0 saturated heterocycles. The van der Waals surface area contributed by atoms with E-state index in [1.165, 1.54) is 18.2 Å². The first-order valence-corrected chi connectivity index (χ1v) is 16.2. The number of carbonyl (C=O) groups excluding carboxylic acids is 2. The average molecular weight is 647 g/mol. The maximum atomic E-state index is 14.5. The van der Waals surface area contributed by atoms with Crippen molar-refractivity contribution in [3.8, 4) is 0 Å². The van der Waals surface area contributed by atoms with Crippen molar-refractivity contribution in [1.29, 1.82) is 0 Å². The van der Waals surface area contributed by atoms with Gasteiger partial charge in [0.25, 0.3) is 0 Å². The summed E-state index contributed by atoms with van der Waals surface area (Å²) in [6.45, 7) is 4.57. The highest BCUT2D eigenvalue weighted by atomic mass is 79.9. The largest absolute Gasteiger partial charge is 0.354 e. The molecule has 3 rings (SSSR count). The molecule has 0 spiro atoms. The van der Waals surface area contributed by atoms with Crippen molar-refractivity contribution >= 4 is 43.5 Å². The summed E-state index contributed by atoms with van der Waals surface area (Å²) in [7, 11) is -3.80. The molecule has 0 aliphatic heterocycles. The number of halogens is 2. The Morgan fingerprint density at radius 1 is 0.951 bits per heavy atom. The van der Waals surface area contributed by atoms with Crippen molar-refractivity contribution < 1.29 is 22.4 Å². The van der Waals surface area contributed by atoms with E-state index in [0.717, 1.165) is 26.2 Å². The summed E-state index contributed by atoms with van der Waals surface area (Å²) in [6, 6.07) is 21.9. The summed E-state index contributed by atoms with van der Waals surface area (Å²) in [6.07, 6.45) is 1.43. The Balaban J connectivity index is 1.89. The van der Waals surface area contributed by atoms with Gasteiger partial charge < -0.3 is 10.2 Å². The van der Waals surface area contributed by atoms with Crippen molar-refractivity contribution in [3.63, 3.8) is 0 Å². The molecule has 41 heavy (non-hydrogen) atoms. The fraction of sp³-hybridized carbons (Fsp3) is 0.355. The van der Waals surface area contributed by atoms with E-state index in [9.17, 15) is 22.4 Å². The number of para-hydroxylation sites is 1. The van der Waals surface area contributed by atoms with E-state index in [4.69, 9.17) is 0 Å². The predicted molar refractivity (Wildman–Crippen MR) is 164 cm³/mol. The second-order valence-corrected chi connectivity index (χ2v) is 13.2. The molecule has 3 aromatic rings. The molecule has 0 saturated carbocycles. The minimum Gasteiger partial charge on any atom is -0.354 e.